The van der Waals surface area contributed by atoms with Crippen molar-refractivity contribution in [2.75, 3.05) is 20.1 Å². The molecule has 0 aliphatic carbocycles. The van der Waals surface area contributed by atoms with Gasteiger partial charge in [-0.15, -0.1) is 0 Å². The van der Waals surface area contributed by atoms with Crippen molar-refractivity contribution in [3.05, 3.63) is 35.4 Å². The van der Waals surface area contributed by atoms with E-state index in [2.05, 4.69) is 43.4 Å². The first kappa shape index (κ1) is 16.0. The predicted molar refractivity (Wildman–Crippen MR) is 87.1 cm³/mol. The van der Waals surface area contributed by atoms with E-state index in [1.54, 1.807) is 0 Å². The number of carbonyl (C=O) groups excluding carboxylic acids is 1. The molecule has 0 atom stereocenters. The van der Waals surface area contributed by atoms with E-state index in [0.29, 0.717) is 12.5 Å². The molecule has 1 aromatic carbocycles. The van der Waals surface area contributed by atoms with Crippen LogP contribution in [0.4, 0.5) is 0 Å². The van der Waals surface area contributed by atoms with Gasteiger partial charge in [0.15, 0.2) is 0 Å². The van der Waals surface area contributed by atoms with Gasteiger partial charge in [-0.1, -0.05) is 43.2 Å². The minimum absolute atomic E-state index is 0.139. The molecule has 3 nitrogen and oxygen atoms in total. The Morgan fingerprint density at radius 3 is 2.43 bits per heavy atom. The molecule has 0 aromatic heterocycles. The number of piperidine rings is 1. The Labute approximate surface area is 128 Å². The summed E-state index contributed by atoms with van der Waals surface area (Å²) < 4.78 is 0. The lowest BCUT2D eigenvalue weighted by Gasteiger charge is -2.39. The summed E-state index contributed by atoms with van der Waals surface area (Å²) in [6.45, 7) is 6.90. The number of rotatable bonds is 5. The quantitative estimate of drug-likeness (QED) is 0.903. The van der Waals surface area contributed by atoms with E-state index in [1.165, 1.54) is 11.1 Å². The standard InChI is InChI=1S/C18H28N2O/c1-4-9-18(10-12-19-13-11-18)17(21)20(3)14-16-7-5-15(2)6-8-16/h5-8,19H,4,9-14H2,1-3H3. The number of nitrogens with one attached hydrogen (secondary N) is 1. The summed E-state index contributed by atoms with van der Waals surface area (Å²) in [7, 11) is 1.95. The van der Waals surface area contributed by atoms with Crippen LogP contribution in [-0.4, -0.2) is 30.9 Å². The van der Waals surface area contributed by atoms with Gasteiger partial charge in [0.1, 0.15) is 0 Å². The zero-order valence-electron chi connectivity index (χ0n) is 13.6. The van der Waals surface area contributed by atoms with Crippen LogP contribution in [0.15, 0.2) is 24.3 Å². The smallest absolute Gasteiger partial charge is 0.228 e. The van der Waals surface area contributed by atoms with E-state index in [0.717, 1.165) is 38.8 Å². The third-order valence-corrected chi connectivity index (χ3v) is 4.63. The largest absolute Gasteiger partial charge is 0.341 e. The summed E-state index contributed by atoms with van der Waals surface area (Å²) in [5.41, 5.74) is 2.32. The molecule has 1 N–H and O–H groups in total. The average molecular weight is 288 g/mol. The average Bonchev–Trinajstić information content (AvgIpc) is 2.50. The highest BCUT2D eigenvalue weighted by Gasteiger charge is 2.40. The predicted octanol–water partition coefficient (Wildman–Crippen LogP) is 3.12. The van der Waals surface area contributed by atoms with Crippen molar-refractivity contribution in [3.8, 4) is 0 Å². The summed E-state index contributed by atoms with van der Waals surface area (Å²) in [6, 6.07) is 8.46. The zero-order chi connectivity index (χ0) is 15.3. The first-order valence-corrected chi connectivity index (χ1v) is 8.09. The van der Waals surface area contributed by atoms with Crippen molar-refractivity contribution < 1.29 is 4.79 Å². The number of hydrogen-bond donors (Lipinski definition) is 1. The summed E-state index contributed by atoms with van der Waals surface area (Å²) in [5.74, 6) is 0.325. The minimum Gasteiger partial charge on any atom is -0.341 e. The molecule has 0 unspecified atom stereocenters. The van der Waals surface area contributed by atoms with Crippen LogP contribution >= 0.6 is 0 Å². The van der Waals surface area contributed by atoms with Crippen LogP contribution in [0, 0.1) is 12.3 Å². The van der Waals surface area contributed by atoms with Gasteiger partial charge in [-0.3, -0.25) is 4.79 Å². The van der Waals surface area contributed by atoms with E-state index < -0.39 is 0 Å². The van der Waals surface area contributed by atoms with E-state index in [9.17, 15) is 4.79 Å². The SMILES string of the molecule is CCCC1(C(=O)N(C)Cc2ccc(C)cc2)CCNCC1. The Morgan fingerprint density at radius 1 is 1.24 bits per heavy atom. The Morgan fingerprint density at radius 2 is 1.86 bits per heavy atom. The minimum atomic E-state index is -0.139. The van der Waals surface area contributed by atoms with E-state index >= 15 is 0 Å². The summed E-state index contributed by atoms with van der Waals surface area (Å²) in [5, 5.41) is 3.38. The fraction of sp³-hybridized carbons (Fsp3) is 0.611. The summed E-state index contributed by atoms with van der Waals surface area (Å²) >= 11 is 0. The van der Waals surface area contributed by atoms with Gasteiger partial charge < -0.3 is 10.2 Å². The lowest BCUT2D eigenvalue weighted by Crippen LogP contribution is -2.47. The monoisotopic (exact) mass is 288 g/mol. The molecule has 0 radical (unpaired) electrons. The maximum absolute atomic E-state index is 13.0. The highest BCUT2D eigenvalue weighted by Crippen LogP contribution is 2.36. The van der Waals surface area contributed by atoms with Gasteiger partial charge >= 0.3 is 0 Å². The Hall–Kier alpha value is -1.35. The topological polar surface area (TPSA) is 32.3 Å². The Kier molecular flexibility index (Phi) is 5.40. The second-order valence-electron chi connectivity index (χ2n) is 6.43. The van der Waals surface area contributed by atoms with Crippen molar-refractivity contribution in [3.63, 3.8) is 0 Å². The highest BCUT2D eigenvalue weighted by atomic mass is 16.2. The van der Waals surface area contributed by atoms with E-state index in [4.69, 9.17) is 0 Å². The third kappa shape index (κ3) is 3.85. The second kappa shape index (κ2) is 7.08. The van der Waals surface area contributed by atoms with Gasteiger partial charge in [-0.2, -0.15) is 0 Å². The molecular formula is C18H28N2O. The maximum atomic E-state index is 13.0. The fourth-order valence-electron chi connectivity index (χ4n) is 3.40. The van der Waals surface area contributed by atoms with Gasteiger partial charge in [0, 0.05) is 13.6 Å². The van der Waals surface area contributed by atoms with Gasteiger partial charge in [-0.05, 0) is 44.8 Å². The van der Waals surface area contributed by atoms with Crippen LogP contribution in [0.3, 0.4) is 0 Å². The van der Waals surface area contributed by atoms with Crippen molar-refractivity contribution in [2.45, 2.75) is 46.1 Å². The van der Waals surface area contributed by atoms with Crippen molar-refractivity contribution in [1.29, 1.82) is 0 Å². The van der Waals surface area contributed by atoms with Gasteiger partial charge in [-0.25, -0.2) is 0 Å². The Bertz CT molecular complexity index is 455. The van der Waals surface area contributed by atoms with Crippen molar-refractivity contribution >= 4 is 5.91 Å². The van der Waals surface area contributed by atoms with Crippen LogP contribution in [0.2, 0.25) is 0 Å². The van der Waals surface area contributed by atoms with Crippen LogP contribution in [-0.2, 0) is 11.3 Å². The molecule has 1 aromatic rings. The molecule has 0 saturated carbocycles. The summed E-state index contributed by atoms with van der Waals surface area (Å²) in [4.78, 5) is 14.9. The number of aryl methyl sites for hydroxylation is 1. The lowest BCUT2D eigenvalue weighted by molar-refractivity contribution is -0.143. The third-order valence-electron chi connectivity index (χ3n) is 4.63. The Balaban J connectivity index is 2.07. The molecule has 1 heterocycles. The van der Waals surface area contributed by atoms with Crippen molar-refractivity contribution in [1.82, 2.24) is 10.2 Å². The molecule has 1 aliphatic rings. The summed E-state index contributed by atoms with van der Waals surface area (Å²) in [6.07, 6.45) is 4.02. The van der Waals surface area contributed by atoms with E-state index in [-0.39, 0.29) is 5.41 Å². The molecule has 21 heavy (non-hydrogen) atoms. The maximum Gasteiger partial charge on any atom is 0.228 e. The molecule has 1 aliphatic heterocycles. The molecule has 1 amide bonds. The number of carbonyl (C=O) groups is 1. The van der Waals surface area contributed by atoms with Gasteiger partial charge in [0.2, 0.25) is 5.91 Å². The number of amides is 1. The molecule has 1 saturated heterocycles. The lowest BCUT2D eigenvalue weighted by atomic mass is 9.74. The molecular weight excluding hydrogens is 260 g/mol. The molecule has 0 bridgehead atoms. The molecule has 2 rings (SSSR count). The number of hydrogen-bond acceptors (Lipinski definition) is 2. The van der Waals surface area contributed by atoms with Crippen LogP contribution in [0.1, 0.15) is 43.7 Å². The van der Waals surface area contributed by atoms with Gasteiger partial charge in [0.05, 0.1) is 5.41 Å². The van der Waals surface area contributed by atoms with Crippen LogP contribution < -0.4 is 5.32 Å². The van der Waals surface area contributed by atoms with E-state index in [1.807, 2.05) is 11.9 Å². The molecule has 0 spiro atoms. The van der Waals surface area contributed by atoms with Gasteiger partial charge in [0.25, 0.3) is 0 Å². The first-order valence-electron chi connectivity index (χ1n) is 8.09. The molecule has 3 heteroatoms. The normalized spacial score (nSPS) is 17.5. The number of nitrogens with zero attached hydrogens (tertiary/aromatic N) is 1. The van der Waals surface area contributed by atoms with Crippen molar-refractivity contribution in [2.24, 2.45) is 5.41 Å². The first-order chi connectivity index (χ1) is 10.1. The fourth-order valence-corrected chi connectivity index (χ4v) is 3.40. The molecule has 116 valence electrons. The second-order valence-corrected chi connectivity index (χ2v) is 6.43. The highest BCUT2D eigenvalue weighted by molar-refractivity contribution is 5.82. The molecule has 1 fully saturated rings. The number of benzene rings is 1. The van der Waals surface area contributed by atoms with Crippen LogP contribution in [0.5, 0.6) is 0 Å². The zero-order valence-corrected chi connectivity index (χ0v) is 13.6. The van der Waals surface area contributed by atoms with Crippen LogP contribution in [0.25, 0.3) is 0 Å².